The number of amides is 1. The summed E-state index contributed by atoms with van der Waals surface area (Å²) in [5.41, 5.74) is 3.78. The monoisotopic (exact) mass is 526 g/mol. The molecule has 0 bridgehead atoms. The highest BCUT2D eigenvalue weighted by Crippen LogP contribution is 2.10. The minimum Gasteiger partial charge on any atom is -0.356 e. The average molecular weight is 526 g/mol. The molecule has 1 amide bonds. The van der Waals surface area contributed by atoms with Gasteiger partial charge in [0, 0.05) is 31.7 Å². The highest BCUT2D eigenvalue weighted by Gasteiger charge is 2.08. The Morgan fingerprint density at radius 3 is 2.43 bits per heavy atom. The van der Waals surface area contributed by atoms with Gasteiger partial charge in [0.15, 0.2) is 5.96 Å². The zero-order chi connectivity index (χ0) is 21.2. The molecule has 0 spiro atoms. The summed E-state index contributed by atoms with van der Waals surface area (Å²) < 4.78 is 13.2. The fourth-order valence-electron chi connectivity index (χ4n) is 2.84. The molecule has 30 heavy (non-hydrogen) atoms. The van der Waals surface area contributed by atoms with Crippen LogP contribution in [0.3, 0.4) is 0 Å². The Hall–Kier alpha value is -2.16. The molecule has 0 aliphatic rings. The highest BCUT2D eigenvalue weighted by molar-refractivity contribution is 14.0. The number of benzene rings is 2. The lowest BCUT2D eigenvalue weighted by Crippen LogP contribution is -2.37. The van der Waals surface area contributed by atoms with Crippen molar-refractivity contribution in [3.05, 3.63) is 70.5 Å². The summed E-state index contributed by atoms with van der Waals surface area (Å²) in [4.78, 5) is 16.4. The van der Waals surface area contributed by atoms with E-state index in [1.54, 1.807) is 13.1 Å². The van der Waals surface area contributed by atoms with Gasteiger partial charge in [-0.15, -0.1) is 24.0 Å². The van der Waals surface area contributed by atoms with E-state index in [0.717, 1.165) is 29.5 Å². The molecule has 0 saturated heterocycles. The van der Waals surface area contributed by atoms with Gasteiger partial charge in [0.2, 0.25) is 0 Å². The molecule has 7 heteroatoms. The van der Waals surface area contributed by atoms with Crippen LogP contribution < -0.4 is 16.0 Å². The molecule has 1 atom stereocenters. The van der Waals surface area contributed by atoms with E-state index in [0.29, 0.717) is 24.6 Å². The van der Waals surface area contributed by atoms with Crippen LogP contribution >= 0.6 is 24.0 Å². The fourth-order valence-corrected chi connectivity index (χ4v) is 2.84. The molecule has 0 aliphatic heterocycles. The van der Waals surface area contributed by atoms with E-state index in [2.05, 4.69) is 20.9 Å². The van der Waals surface area contributed by atoms with E-state index in [1.807, 2.05) is 51.1 Å². The molecule has 164 valence electrons. The highest BCUT2D eigenvalue weighted by atomic mass is 127. The SMILES string of the molecule is CCC(C)NC(=O)c1ccc(CNC(=NC)NCCc2ccc(F)cc2C)cc1.I. The van der Waals surface area contributed by atoms with Crippen molar-refractivity contribution >= 4 is 35.8 Å². The first-order valence-electron chi connectivity index (χ1n) is 10.0. The molecule has 0 aliphatic carbocycles. The van der Waals surface area contributed by atoms with Crippen molar-refractivity contribution in [3.8, 4) is 0 Å². The molecule has 2 rings (SSSR count). The smallest absolute Gasteiger partial charge is 0.251 e. The van der Waals surface area contributed by atoms with Gasteiger partial charge in [-0.05, 0) is 67.6 Å². The van der Waals surface area contributed by atoms with Crippen LogP contribution in [0.5, 0.6) is 0 Å². The minimum atomic E-state index is -0.208. The van der Waals surface area contributed by atoms with Gasteiger partial charge >= 0.3 is 0 Å². The minimum absolute atomic E-state index is 0. The van der Waals surface area contributed by atoms with Gasteiger partial charge in [-0.25, -0.2) is 4.39 Å². The lowest BCUT2D eigenvalue weighted by molar-refractivity contribution is 0.0939. The quantitative estimate of drug-likeness (QED) is 0.275. The van der Waals surface area contributed by atoms with Gasteiger partial charge in [0.1, 0.15) is 5.82 Å². The third-order valence-electron chi connectivity index (χ3n) is 4.88. The number of halogens is 2. The molecule has 0 saturated carbocycles. The molecule has 0 radical (unpaired) electrons. The molecular formula is C23H32FIN4O. The largest absolute Gasteiger partial charge is 0.356 e. The number of nitrogens with zero attached hydrogens (tertiary/aromatic N) is 1. The van der Waals surface area contributed by atoms with Gasteiger partial charge < -0.3 is 16.0 Å². The first-order chi connectivity index (χ1) is 13.9. The maximum Gasteiger partial charge on any atom is 0.251 e. The van der Waals surface area contributed by atoms with Crippen molar-refractivity contribution in [2.75, 3.05) is 13.6 Å². The molecule has 1 unspecified atom stereocenters. The fraction of sp³-hybridized carbons (Fsp3) is 0.391. The summed E-state index contributed by atoms with van der Waals surface area (Å²) in [5, 5.41) is 9.50. The standard InChI is InChI=1S/C23H31FN4O.HI/c1-5-17(3)28-22(29)20-8-6-18(7-9-20)15-27-23(25-4)26-13-12-19-10-11-21(24)14-16(19)2;/h6-11,14,17H,5,12-13,15H2,1-4H3,(H,28,29)(H2,25,26,27);1H. The van der Waals surface area contributed by atoms with Gasteiger partial charge in [-0.2, -0.15) is 0 Å². The summed E-state index contributed by atoms with van der Waals surface area (Å²) in [6.45, 7) is 7.25. The number of nitrogens with one attached hydrogen (secondary N) is 3. The molecule has 2 aromatic carbocycles. The van der Waals surface area contributed by atoms with Crippen molar-refractivity contribution in [2.45, 2.75) is 46.2 Å². The van der Waals surface area contributed by atoms with E-state index in [1.165, 1.54) is 6.07 Å². The predicted octanol–water partition coefficient (Wildman–Crippen LogP) is 4.19. The summed E-state index contributed by atoms with van der Waals surface area (Å²) in [6, 6.07) is 12.6. The Kier molecular flexibility index (Phi) is 11.4. The average Bonchev–Trinajstić information content (AvgIpc) is 2.72. The molecule has 0 aromatic heterocycles. The van der Waals surface area contributed by atoms with Crippen LogP contribution in [0.15, 0.2) is 47.5 Å². The van der Waals surface area contributed by atoms with Crippen molar-refractivity contribution in [3.63, 3.8) is 0 Å². The van der Waals surface area contributed by atoms with E-state index in [4.69, 9.17) is 0 Å². The Bertz CT molecular complexity index is 840. The number of carbonyl (C=O) groups is 1. The van der Waals surface area contributed by atoms with Crippen LogP contribution in [0.4, 0.5) is 4.39 Å². The van der Waals surface area contributed by atoms with Gasteiger partial charge in [-0.1, -0.05) is 25.1 Å². The first-order valence-corrected chi connectivity index (χ1v) is 10.0. The third-order valence-corrected chi connectivity index (χ3v) is 4.88. The molecular weight excluding hydrogens is 494 g/mol. The maximum atomic E-state index is 13.2. The van der Waals surface area contributed by atoms with E-state index in [9.17, 15) is 9.18 Å². The molecule has 0 heterocycles. The molecule has 2 aromatic rings. The Labute approximate surface area is 196 Å². The van der Waals surface area contributed by atoms with Crippen LogP contribution in [0.2, 0.25) is 0 Å². The van der Waals surface area contributed by atoms with E-state index >= 15 is 0 Å². The molecule has 3 N–H and O–H groups in total. The van der Waals surface area contributed by atoms with Crippen molar-refractivity contribution in [2.24, 2.45) is 4.99 Å². The predicted molar refractivity (Wildman–Crippen MR) is 132 cm³/mol. The Morgan fingerprint density at radius 2 is 1.83 bits per heavy atom. The molecule has 0 fully saturated rings. The van der Waals surface area contributed by atoms with Gasteiger partial charge in [0.25, 0.3) is 5.91 Å². The third kappa shape index (κ3) is 8.30. The lowest BCUT2D eigenvalue weighted by Gasteiger charge is -2.14. The number of aryl methyl sites for hydroxylation is 1. The second kappa shape index (κ2) is 13.2. The van der Waals surface area contributed by atoms with Crippen LogP contribution in [0.1, 0.15) is 47.3 Å². The van der Waals surface area contributed by atoms with Crippen molar-refractivity contribution < 1.29 is 9.18 Å². The number of hydrogen-bond donors (Lipinski definition) is 3. The van der Waals surface area contributed by atoms with Crippen LogP contribution in [0.25, 0.3) is 0 Å². The summed E-state index contributed by atoms with van der Waals surface area (Å²) >= 11 is 0. The summed E-state index contributed by atoms with van der Waals surface area (Å²) in [6.07, 6.45) is 1.69. The second-order valence-electron chi connectivity index (χ2n) is 7.15. The number of carbonyl (C=O) groups excluding carboxylic acids is 1. The topological polar surface area (TPSA) is 65.5 Å². The molecule has 5 nitrogen and oxygen atoms in total. The summed E-state index contributed by atoms with van der Waals surface area (Å²) in [7, 11) is 1.72. The Balaban J connectivity index is 0.00000450. The first kappa shape index (κ1) is 25.9. The van der Waals surface area contributed by atoms with Gasteiger partial charge in [0.05, 0.1) is 0 Å². The zero-order valence-corrected chi connectivity index (χ0v) is 20.4. The van der Waals surface area contributed by atoms with Crippen LogP contribution in [-0.2, 0) is 13.0 Å². The number of rotatable bonds is 8. The number of hydrogen-bond acceptors (Lipinski definition) is 2. The Morgan fingerprint density at radius 1 is 1.13 bits per heavy atom. The van der Waals surface area contributed by atoms with Crippen molar-refractivity contribution in [1.82, 2.24) is 16.0 Å². The lowest BCUT2D eigenvalue weighted by atomic mass is 10.1. The normalized spacial score (nSPS) is 12.0. The van der Waals surface area contributed by atoms with Crippen LogP contribution in [0, 0.1) is 12.7 Å². The second-order valence-corrected chi connectivity index (χ2v) is 7.15. The van der Waals surface area contributed by atoms with Crippen LogP contribution in [-0.4, -0.2) is 31.5 Å². The van der Waals surface area contributed by atoms with E-state index < -0.39 is 0 Å². The van der Waals surface area contributed by atoms with E-state index in [-0.39, 0.29) is 41.7 Å². The van der Waals surface area contributed by atoms with Crippen molar-refractivity contribution in [1.29, 1.82) is 0 Å². The number of aliphatic imine (C=N–C) groups is 1. The maximum absolute atomic E-state index is 13.2. The zero-order valence-electron chi connectivity index (χ0n) is 18.1. The van der Waals surface area contributed by atoms with Gasteiger partial charge in [-0.3, -0.25) is 9.79 Å². The summed E-state index contributed by atoms with van der Waals surface area (Å²) in [5.74, 6) is 0.441. The number of guanidine groups is 1.